The topological polar surface area (TPSA) is 115 Å². The number of carbonyl (C=O) groups excluding carboxylic acids is 1. The predicted octanol–water partition coefficient (Wildman–Crippen LogP) is 1.46. The number of nitrogens with one attached hydrogen (secondary N) is 1. The number of carbonyl (C=O) groups is 1. The molecule has 0 radical (unpaired) electrons. The third kappa shape index (κ3) is 4.02. The zero-order valence-electron chi connectivity index (χ0n) is 10.2. The van der Waals surface area contributed by atoms with Crippen LogP contribution in [-0.4, -0.2) is 17.5 Å². The van der Waals surface area contributed by atoms with Crippen LogP contribution in [0.25, 0.3) is 0 Å². The highest BCUT2D eigenvalue weighted by molar-refractivity contribution is 7.98. The summed E-state index contributed by atoms with van der Waals surface area (Å²) in [6.07, 6.45) is 0. The van der Waals surface area contributed by atoms with E-state index in [9.17, 15) is 4.79 Å². The van der Waals surface area contributed by atoms with Crippen LogP contribution < -0.4 is 11.1 Å². The fourth-order valence-corrected chi connectivity index (χ4v) is 1.63. The Morgan fingerprint density at radius 1 is 1.53 bits per heavy atom. The molecule has 0 saturated carbocycles. The number of para-hydroxylation sites is 1. The Bertz CT molecular complexity index is 597. The Morgan fingerprint density at radius 2 is 2.26 bits per heavy atom. The lowest BCUT2D eigenvalue weighted by molar-refractivity contribution is 0.0978. The molecule has 0 bridgehead atoms. The van der Waals surface area contributed by atoms with E-state index in [1.807, 2.05) is 12.1 Å². The van der Waals surface area contributed by atoms with Crippen LogP contribution in [0.15, 0.2) is 22.6 Å². The van der Waals surface area contributed by atoms with Crippen molar-refractivity contribution in [2.45, 2.75) is 6.92 Å². The third-order valence-corrected chi connectivity index (χ3v) is 2.76. The van der Waals surface area contributed by atoms with Crippen LogP contribution in [0.1, 0.15) is 22.8 Å². The van der Waals surface area contributed by atoms with E-state index in [0.717, 1.165) is 11.9 Å². The van der Waals surface area contributed by atoms with Gasteiger partial charge in [-0.3, -0.25) is 4.79 Å². The highest BCUT2D eigenvalue weighted by Gasteiger charge is 2.12. The fraction of sp³-hybridized carbons (Fsp3) is 0.167. The lowest BCUT2D eigenvalue weighted by atomic mass is 10.1. The predicted molar refractivity (Wildman–Crippen MR) is 74.2 cm³/mol. The number of nitrogen functional groups attached to an aromatic ring is 1. The number of hydrogen-bond acceptors (Lipinski definition) is 6. The molecule has 0 atom stereocenters. The van der Waals surface area contributed by atoms with Crippen LogP contribution in [0.3, 0.4) is 0 Å². The minimum atomic E-state index is -0.437. The Kier molecular flexibility index (Phi) is 5.39. The molecule has 1 aromatic carbocycles. The summed E-state index contributed by atoms with van der Waals surface area (Å²) >= 11 is 1.04. The maximum absolute atomic E-state index is 11.9. The molecule has 96 valence electrons. The number of rotatable bonds is 3. The lowest BCUT2D eigenvalue weighted by Gasteiger charge is -2.07. The van der Waals surface area contributed by atoms with Crippen molar-refractivity contribution in [3.8, 4) is 12.1 Å². The van der Waals surface area contributed by atoms with E-state index < -0.39 is 5.91 Å². The number of nitrogens with zero attached hydrogens (tertiary/aromatic N) is 3. The molecule has 0 aromatic heterocycles. The second kappa shape index (κ2) is 7.04. The minimum Gasteiger partial charge on any atom is -0.397 e. The van der Waals surface area contributed by atoms with Gasteiger partial charge in [0.15, 0.2) is 0 Å². The first-order valence-corrected chi connectivity index (χ1v) is 6.17. The molecule has 3 N–H and O–H groups in total. The number of amidine groups is 1. The van der Waals surface area contributed by atoms with Crippen LogP contribution in [0.4, 0.5) is 5.69 Å². The third-order valence-electron chi connectivity index (χ3n) is 2.10. The highest BCUT2D eigenvalue weighted by atomic mass is 32.2. The summed E-state index contributed by atoms with van der Waals surface area (Å²) in [7, 11) is 0. The standard InChI is InChI=1S/C12H11N5OS/c1-8(17-19-6-5-13)16-12(18)10-4-2-3-9(7-14)11(10)15/h2-4H,6,15H2,1H3,(H,16,17,18). The molecule has 0 saturated heterocycles. The average Bonchev–Trinajstić information content (AvgIpc) is 2.39. The first-order valence-electron chi connectivity index (χ1n) is 5.23. The SMILES string of the molecule is C/C(=N\SCC#N)NC(=O)c1cccc(C#N)c1N. The van der Waals surface area contributed by atoms with Crippen molar-refractivity contribution in [1.29, 1.82) is 10.5 Å². The molecule has 1 aromatic rings. The molecular formula is C12H11N5OS. The maximum atomic E-state index is 11.9. The van der Waals surface area contributed by atoms with E-state index in [1.54, 1.807) is 13.0 Å². The Hall–Kier alpha value is -2.51. The molecule has 0 aliphatic heterocycles. The molecular weight excluding hydrogens is 262 g/mol. The van der Waals surface area contributed by atoms with Crippen molar-refractivity contribution in [3.05, 3.63) is 29.3 Å². The van der Waals surface area contributed by atoms with Crippen LogP contribution in [0, 0.1) is 22.7 Å². The van der Waals surface area contributed by atoms with Gasteiger partial charge in [0, 0.05) is 0 Å². The van der Waals surface area contributed by atoms with Gasteiger partial charge in [-0.05, 0) is 31.0 Å². The van der Waals surface area contributed by atoms with Gasteiger partial charge >= 0.3 is 0 Å². The smallest absolute Gasteiger partial charge is 0.258 e. The molecule has 0 spiro atoms. The largest absolute Gasteiger partial charge is 0.397 e. The minimum absolute atomic E-state index is 0.139. The van der Waals surface area contributed by atoms with Gasteiger partial charge in [0.2, 0.25) is 0 Å². The molecule has 6 nitrogen and oxygen atoms in total. The van der Waals surface area contributed by atoms with E-state index in [2.05, 4.69) is 9.71 Å². The average molecular weight is 273 g/mol. The fourth-order valence-electron chi connectivity index (χ4n) is 1.27. The molecule has 19 heavy (non-hydrogen) atoms. The summed E-state index contributed by atoms with van der Waals surface area (Å²) in [5.74, 6) is 0.139. The van der Waals surface area contributed by atoms with E-state index in [1.165, 1.54) is 12.1 Å². The normalized spacial score (nSPS) is 10.4. The number of benzene rings is 1. The summed E-state index contributed by atoms with van der Waals surface area (Å²) in [5, 5.41) is 19.7. The monoisotopic (exact) mass is 273 g/mol. The van der Waals surface area contributed by atoms with Crippen molar-refractivity contribution in [2.75, 3.05) is 11.5 Å². The molecule has 0 fully saturated rings. The van der Waals surface area contributed by atoms with Crippen molar-refractivity contribution in [1.82, 2.24) is 5.32 Å². The van der Waals surface area contributed by atoms with E-state index in [0.29, 0.717) is 5.84 Å². The van der Waals surface area contributed by atoms with E-state index >= 15 is 0 Å². The van der Waals surface area contributed by atoms with Crippen molar-refractivity contribution < 1.29 is 4.79 Å². The summed E-state index contributed by atoms with van der Waals surface area (Å²) in [6.45, 7) is 1.60. The molecule has 0 aliphatic rings. The second-order valence-corrected chi connectivity index (χ2v) is 4.17. The second-order valence-electron chi connectivity index (χ2n) is 3.44. The molecule has 1 rings (SSSR count). The van der Waals surface area contributed by atoms with Crippen LogP contribution in [-0.2, 0) is 0 Å². The zero-order chi connectivity index (χ0) is 14.3. The number of amides is 1. The number of nitrogens with two attached hydrogens (primary N) is 1. The van der Waals surface area contributed by atoms with Gasteiger partial charge in [-0.1, -0.05) is 6.07 Å². The zero-order valence-corrected chi connectivity index (χ0v) is 11.0. The number of hydrogen-bond donors (Lipinski definition) is 2. The van der Waals surface area contributed by atoms with Crippen molar-refractivity contribution in [3.63, 3.8) is 0 Å². The first kappa shape index (κ1) is 14.6. The van der Waals surface area contributed by atoms with Crippen LogP contribution in [0.5, 0.6) is 0 Å². The molecule has 7 heteroatoms. The van der Waals surface area contributed by atoms with Gasteiger partial charge in [0.1, 0.15) is 17.7 Å². The lowest BCUT2D eigenvalue weighted by Crippen LogP contribution is -2.28. The van der Waals surface area contributed by atoms with Crippen molar-refractivity contribution >= 4 is 29.4 Å². The maximum Gasteiger partial charge on any atom is 0.258 e. The van der Waals surface area contributed by atoms with Gasteiger partial charge in [-0.2, -0.15) is 10.5 Å². The van der Waals surface area contributed by atoms with Gasteiger partial charge in [-0.15, -0.1) is 0 Å². The summed E-state index contributed by atoms with van der Waals surface area (Å²) < 4.78 is 3.92. The van der Waals surface area contributed by atoms with E-state index in [-0.39, 0.29) is 22.6 Å². The highest BCUT2D eigenvalue weighted by Crippen LogP contribution is 2.16. The molecule has 0 unspecified atom stereocenters. The van der Waals surface area contributed by atoms with Crippen molar-refractivity contribution in [2.24, 2.45) is 4.40 Å². The van der Waals surface area contributed by atoms with E-state index in [4.69, 9.17) is 16.3 Å². The molecule has 0 heterocycles. The van der Waals surface area contributed by atoms with Gasteiger partial charge in [-0.25, -0.2) is 4.40 Å². The molecule has 0 aliphatic carbocycles. The van der Waals surface area contributed by atoms with Crippen LogP contribution in [0.2, 0.25) is 0 Å². The van der Waals surface area contributed by atoms with Crippen LogP contribution >= 0.6 is 11.9 Å². The quantitative estimate of drug-likeness (QED) is 0.284. The number of nitriles is 2. The van der Waals surface area contributed by atoms with Gasteiger partial charge in [0.25, 0.3) is 5.91 Å². The molecule has 1 amide bonds. The number of anilines is 1. The summed E-state index contributed by atoms with van der Waals surface area (Å²) in [4.78, 5) is 11.9. The van der Waals surface area contributed by atoms with Gasteiger partial charge in [0.05, 0.1) is 22.9 Å². The Balaban J connectivity index is 2.83. The first-order chi connectivity index (χ1) is 9.10. The summed E-state index contributed by atoms with van der Waals surface area (Å²) in [5.41, 5.74) is 6.33. The Labute approximate surface area is 115 Å². The Morgan fingerprint density at radius 3 is 2.89 bits per heavy atom. The summed E-state index contributed by atoms with van der Waals surface area (Å²) in [6, 6.07) is 8.48. The van der Waals surface area contributed by atoms with Gasteiger partial charge < -0.3 is 11.1 Å².